The molecule has 0 aliphatic carbocycles. The van der Waals surface area contributed by atoms with E-state index < -0.39 is 0 Å². The minimum Gasteiger partial charge on any atom is -0.339 e. The van der Waals surface area contributed by atoms with Gasteiger partial charge in [0.05, 0.1) is 11.4 Å². The Hall–Kier alpha value is -2.38. The molecule has 0 bridgehead atoms. The van der Waals surface area contributed by atoms with E-state index in [4.69, 9.17) is 0 Å². The first-order valence-electron chi connectivity index (χ1n) is 9.96. The van der Waals surface area contributed by atoms with E-state index in [1.165, 1.54) is 21.1 Å². The Bertz CT molecular complexity index is 954. The highest BCUT2D eigenvalue weighted by atomic mass is 32.2. The molecule has 0 fully saturated rings. The molecule has 0 unspecified atom stereocenters. The molecule has 4 rings (SSSR count). The average molecular weight is 425 g/mol. The summed E-state index contributed by atoms with van der Waals surface area (Å²) in [5, 5.41) is 12.9. The third kappa shape index (κ3) is 4.31. The largest absolute Gasteiger partial charge is 0.339 e. The summed E-state index contributed by atoms with van der Waals surface area (Å²) in [5.74, 6) is 0.377. The second-order valence-electron chi connectivity index (χ2n) is 6.95. The fourth-order valence-electron chi connectivity index (χ4n) is 3.51. The van der Waals surface area contributed by atoms with Crippen molar-refractivity contribution < 1.29 is 4.79 Å². The van der Waals surface area contributed by atoms with Crippen LogP contribution in [0.1, 0.15) is 44.0 Å². The first-order chi connectivity index (χ1) is 14.2. The van der Waals surface area contributed by atoms with Gasteiger partial charge in [0, 0.05) is 28.7 Å². The summed E-state index contributed by atoms with van der Waals surface area (Å²) in [6.07, 6.45) is 2.45. The zero-order valence-electron chi connectivity index (χ0n) is 16.6. The molecule has 0 saturated carbocycles. The van der Waals surface area contributed by atoms with Gasteiger partial charge in [0.25, 0.3) is 0 Å². The van der Waals surface area contributed by atoms with Crippen molar-refractivity contribution in [3.8, 4) is 0 Å². The van der Waals surface area contributed by atoms with Gasteiger partial charge in [-0.05, 0) is 37.1 Å². The Kier molecular flexibility index (Phi) is 6.16. The quantitative estimate of drug-likeness (QED) is 0.498. The lowest BCUT2D eigenvalue weighted by atomic mass is 10.1. The molecular formula is C22H24N4OS2. The zero-order valence-corrected chi connectivity index (χ0v) is 18.2. The lowest BCUT2D eigenvalue weighted by Gasteiger charge is -2.32. The second-order valence-corrected chi connectivity index (χ2v) is 9.04. The van der Waals surface area contributed by atoms with Gasteiger partial charge in [0.2, 0.25) is 11.0 Å². The third-order valence-corrected chi connectivity index (χ3v) is 7.25. The molecule has 2 aromatic carbocycles. The predicted molar refractivity (Wildman–Crippen MR) is 120 cm³/mol. The van der Waals surface area contributed by atoms with Crippen LogP contribution in [0.3, 0.4) is 0 Å². The summed E-state index contributed by atoms with van der Waals surface area (Å²) in [4.78, 5) is 17.3. The van der Waals surface area contributed by atoms with E-state index in [0.717, 1.165) is 29.2 Å². The summed E-state index contributed by atoms with van der Waals surface area (Å²) in [5.41, 5.74) is 2.30. The molecule has 0 spiro atoms. The lowest BCUT2D eigenvalue weighted by molar-refractivity contribution is -0.116. The minimum atomic E-state index is -0.0366. The SMILES string of the molecule is CCC(CC)c1nnc(NC(=O)CCN2c3ccccc3Sc3ccccc32)s1. The number of fused-ring (bicyclic) bond motifs is 2. The average Bonchev–Trinajstić information content (AvgIpc) is 3.20. The molecule has 1 aromatic heterocycles. The van der Waals surface area contributed by atoms with Crippen molar-refractivity contribution in [3.63, 3.8) is 0 Å². The summed E-state index contributed by atoms with van der Waals surface area (Å²) < 4.78 is 0. The van der Waals surface area contributed by atoms with Crippen LogP contribution in [0.5, 0.6) is 0 Å². The number of carbonyl (C=O) groups is 1. The first-order valence-corrected chi connectivity index (χ1v) is 11.6. The molecule has 1 amide bonds. The number of amides is 1. The van der Waals surface area contributed by atoms with E-state index in [9.17, 15) is 4.79 Å². The molecule has 1 aliphatic heterocycles. The molecule has 29 heavy (non-hydrogen) atoms. The maximum Gasteiger partial charge on any atom is 0.227 e. The number of nitrogens with zero attached hydrogens (tertiary/aromatic N) is 3. The van der Waals surface area contributed by atoms with Crippen molar-refractivity contribution in [2.75, 3.05) is 16.8 Å². The van der Waals surface area contributed by atoms with E-state index in [2.05, 4.69) is 70.7 Å². The Morgan fingerprint density at radius 3 is 2.24 bits per heavy atom. The van der Waals surface area contributed by atoms with Gasteiger partial charge in [-0.2, -0.15) is 0 Å². The smallest absolute Gasteiger partial charge is 0.227 e. The van der Waals surface area contributed by atoms with E-state index in [1.807, 2.05) is 12.1 Å². The minimum absolute atomic E-state index is 0.0366. The molecule has 2 heterocycles. The van der Waals surface area contributed by atoms with Crippen molar-refractivity contribution in [2.24, 2.45) is 0 Å². The predicted octanol–water partition coefficient (Wildman–Crippen LogP) is 6.07. The summed E-state index contributed by atoms with van der Waals surface area (Å²) in [6.45, 7) is 4.92. The van der Waals surface area contributed by atoms with Crippen LogP contribution < -0.4 is 10.2 Å². The molecule has 0 saturated heterocycles. The van der Waals surface area contributed by atoms with Crippen LogP contribution in [-0.2, 0) is 4.79 Å². The van der Waals surface area contributed by atoms with E-state index in [-0.39, 0.29) is 5.91 Å². The van der Waals surface area contributed by atoms with Gasteiger partial charge in [0.15, 0.2) is 0 Å². The number of rotatable bonds is 7. The maximum absolute atomic E-state index is 12.6. The Balaban J connectivity index is 1.45. The van der Waals surface area contributed by atoms with E-state index >= 15 is 0 Å². The zero-order chi connectivity index (χ0) is 20.2. The summed E-state index contributed by atoms with van der Waals surface area (Å²) in [7, 11) is 0. The number of anilines is 3. The number of aromatic nitrogens is 2. The van der Waals surface area contributed by atoms with Crippen molar-refractivity contribution >= 4 is 45.5 Å². The van der Waals surface area contributed by atoms with Crippen molar-refractivity contribution in [1.82, 2.24) is 10.2 Å². The fraction of sp³-hybridized carbons (Fsp3) is 0.318. The van der Waals surface area contributed by atoms with Crippen LogP contribution >= 0.6 is 23.1 Å². The number of hydrogen-bond acceptors (Lipinski definition) is 6. The van der Waals surface area contributed by atoms with Crippen molar-refractivity contribution in [2.45, 2.75) is 48.8 Å². The molecule has 1 N–H and O–H groups in total. The Morgan fingerprint density at radius 2 is 1.62 bits per heavy atom. The second kappa shape index (κ2) is 8.97. The molecule has 0 atom stereocenters. The first kappa shape index (κ1) is 19.9. The number of benzene rings is 2. The summed E-state index contributed by atoms with van der Waals surface area (Å²) >= 11 is 3.26. The van der Waals surface area contributed by atoms with Gasteiger partial charge in [-0.25, -0.2) is 0 Å². The molecule has 3 aromatic rings. The van der Waals surface area contributed by atoms with Crippen LogP contribution in [-0.4, -0.2) is 22.6 Å². The van der Waals surface area contributed by atoms with Crippen molar-refractivity contribution in [1.29, 1.82) is 0 Å². The third-order valence-electron chi connectivity index (χ3n) is 5.12. The van der Waals surface area contributed by atoms with Crippen LogP contribution in [0.2, 0.25) is 0 Å². The van der Waals surface area contributed by atoms with E-state index in [0.29, 0.717) is 24.0 Å². The van der Waals surface area contributed by atoms with Crippen LogP contribution in [0, 0.1) is 0 Å². The number of nitrogens with one attached hydrogen (secondary N) is 1. The molecule has 1 aliphatic rings. The number of hydrogen-bond donors (Lipinski definition) is 1. The normalized spacial score (nSPS) is 12.6. The summed E-state index contributed by atoms with van der Waals surface area (Å²) in [6, 6.07) is 16.7. The highest BCUT2D eigenvalue weighted by molar-refractivity contribution is 7.99. The highest BCUT2D eigenvalue weighted by Crippen LogP contribution is 2.47. The van der Waals surface area contributed by atoms with Crippen molar-refractivity contribution in [3.05, 3.63) is 53.5 Å². The fourth-order valence-corrected chi connectivity index (χ4v) is 5.63. The van der Waals surface area contributed by atoms with Gasteiger partial charge in [0.1, 0.15) is 5.01 Å². The molecule has 5 nitrogen and oxygen atoms in total. The highest BCUT2D eigenvalue weighted by Gasteiger charge is 2.23. The van der Waals surface area contributed by atoms with Gasteiger partial charge >= 0.3 is 0 Å². The van der Waals surface area contributed by atoms with Gasteiger partial charge in [-0.1, -0.05) is 61.2 Å². The topological polar surface area (TPSA) is 58.1 Å². The maximum atomic E-state index is 12.6. The molecule has 7 heteroatoms. The van der Waals surface area contributed by atoms with Gasteiger partial charge < -0.3 is 10.2 Å². The number of carbonyl (C=O) groups excluding carboxylic acids is 1. The Morgan fingerprint density at radius 1 is 1.00 bits per heavy atom. The molecular weight excluding hydrogens is 400 g/mol. The molecule has 0 radical (unpaired) electrons. The Labute approximate surface area is 179 Å². The lowest BCUT2D eigenvalue weighted by Crippen LogP contribution is -2.25. The monoisotopic (exact) mass is 424 g/mol. The van der Waals surface area contributed by atoms with E-state index in [1.54, 1.807) is 11.8 Å². The van der Waals surface area contributed by atoms with Crippen LogP contribution in [0.25, 0.3) is 0 Å². The standard InChI is InChI=1S/C22H24N4OS2/c1-3-15(4-2)21-24-25-22(29-21)23-20(27)13-14-26-16-9-5-7-11-18(16)28-19-12-8-6-10-17(19)26/h5-12,15H,3-4,13-14H2,1-2H3,(H,23,25,27). The molecule has 150 valence electrons. The van der Waals surface area contributed by atoms with Gasteiger partial charge in [-0.3, -0.25) is 4.79 Å². The van der Waals surface area contributed by atoms with Crippen LogP contribution in [0.15, 0.2) is 58.3 Å². The van der Waals surface area contributed by atoms with Crippen LogP contribution in [0.4, 0.5) is 16.5 Å². The number of para-hydroxylation sites is 2. The van der Waals surface area contributed by atoms with Gasteiger partial charge in [-0.15, -0.1) is 10.2 Å².